The zero-order chi connectivity index (χ0) is 8.84. The number of fused-ring (bicyclic) bond motifs is 3. The number of rotatable bonds is 0. The molecule has 0 bridgehead atoms. The molecule has 3 rings (SSSR count). The SMILES string of the molecule is Brc1cncc2c3c([nH]c12)CCC3. The van der Waals surface area contributed by atoms with Crippen molar-refractivity contribution >= 4 is 26.8 Å². The number of nitrogens with zero attached hydrogens (tertiary/aromatic N) is 1. The van der Waals surface area contributed by atoms with Crippen LogP contribution in [0.15, 0.2) is 16.9 Å². The van der Waals surface area contributed by atoms with Gasteiger partial charge in [-0.2, -0.15) is 0 Å². The lowest BCUT2D eigenvalue weighted by molar-refractivity contribution is 0.898. The summed E-state index contributed by atoms with van der Waals surface area (Å²) in [5, 5.41) is 1.29. The van der Waals surface area contributed by atoms with Crippen molar-refractivity contribution in [3.05, 3.63) is 28.1 Å². The highest BCUT2D eigenvalue weighted by atomic mass is 79.9. The average molecular weight is 237 g/mol. The molecule has 0 spiro atoms. The Balaban J connectivity index is 2.44. The fraction of sp³-hybridized carbons (Fsp3) is 0.300. The first-order chi connectivity index (χ1) is 6.36. The van der Waals surface area contributed by atoms with E-state index in [0.717, 1.165) is 4.47 Å². The molecule has 1 aliphatic rings. The predicted octanol–water partition coefficient (Wildman–Crippen LogP) is 2.81. The molecule has 0 radical (unpaired) electrons. The van der Waals surface area contributed by atoms with Crippen molar-refractivity contribution in [2.24, 2.45) is 0 Å². The number of aromatic nitrogens is 2. The van der Waals surface area contributed by atoms with E-state index in [-0.39, 0.29) is 0 Å². The van der Waals surface area contributed by atoms with Gasteiger partial charge in [-0.3, -0.25) is 4.98 Å². The summed E-state index contributed by atoms with van der Waals surface area (Å²) in [6, 6.07) is 0. The number of aromatic amines is 1. The summed E-state index contributed by atoms with van der Waals surface area (Å²) in [6.07, 6.45) is 7.47. The van der Waals surface area contributed by atoms with Crippen LogP contribution in [0.5, 0.6) is 0 Å². The Morgan fingerprint density at radius 1 is 1.31 bits per heavy atom. The third-order valence-electron chi connectivity index (χ3n) is 2.72. The minimum absolute atomic E-state index is 1.07. The van der Waals surface area contributed by atoms with E-state index in [4.69, 9.17) is 0 Å². The van der Waals surface area contributed by atoms with Crippen molar-refractivity contribution < 1.29 is 0 Å². The van der Waals surface area contributed by atoms with Gasteiger partial charge in [0.1, 0.15) is 0 Å². The molecule has 2 aromatic heterocycles. The van der Waals surface area contributed by atoms with Crippen molar-refractivity contribution in [1.82, 2.24) is 9.97 Å². The summed E-state index contributed by atoms with van der Waals surface area (Å²) < 4.78 is 1.07. The number of nitrogens with one attached hydrogen (secondary N) is 1. The standard InChI is InChI=1S/C10H9BrN2/c11-8-5-12-4-7-6-2-1-3-9(6)13-10(7)8/h4-5,13H,1-3H2. The molecule has 2 nitrogen and oxygen atoms in total. The molecule has 3 heteroatoms. The van der Waals surface area contributed by atoms with Crippen LogP contribution in [0.1, 0.15) is 17.7 Å². The van der Waals surface area contributed by atoms with Crippen molar-refractivity contribution in [2.45, 2.75) is 19.3 Å². The van der Waals surface area contributed by atoms with Gasteiger partial charge in [0, 0.05) is 23.5 Å². The molecule has 0 amide bonds. The first-order valence-corrected chi connectivity index (χ1v) is 5.28. The fourth-order valence-corrected chi connectivity index (χ4v) is 2.55. The minimum Gasteiger partial charge on any atom is -0.357 e. The number of hydrogen-bond acceptors (Lipinski definition) is 1. The van der Waals surface area contributed by atoms with Crippen molar-refractivity contribution in [2.75, 3.05) is 0 Å². The first kappa shape index (κ1) is 7.56. The van der Waals surface area contributed by atoms with Gasteiger partial charge in [0.25, 0.3) is 0 Å². The summed E-state index contributed by atoms with van der Waals surface area (Å²) in [6.45, 7) is 0. The zero-order valence-electron chi connectivity index (χ0n) is 7.10. The maximum absolute atomic E-state index is 4.20. The van der Waals surface area contributed by atoms with Crippen LogP contribution in [-0.4, -0.2) is 9.97 Å². The summed E-state index contributed by atoms with van der Waals surface area (Å²) in [7, 11) is 0. The molecular formula is C10H9BrN2. The molecule has 0 saturated carbocycles. The highest BCUT2D eigenvalue weighted by Crippen LogP contribution is 2.32. The molecule has 0 atom stereocenters. The lowest BCUT2D eigenvalue weighted by Crippen LogP contribution is -1.79. The molecule has 2 aromatic rings. The number of hydrogen-bond donors (Lipinski definition) is 1. The molecule has 0 aliphatic heterocycles. The van der Waals surface area contributed by atoms with Crippen LogP contribution in [0.3, 0.4) is 0 Å². The smallest absolute Gasteiger partial charge is 0.0634 e. The minimum atomic E-state index is 1.07. The summed E-state index contributed by atoms with van der Waals surface area (Å²) in [5.41, 5.74) is 4.09. The molecular weight excluding hydrogens is 228 g/mol. The zero-order valence-corrected chi connectivity index (χ0v) is 8.69. The second kappa shape index (κ2) is 2.58. The van der Waals surface area contributed by atoms with Gasteiger partial charge >= 0.3 is 0 Å². The van der Waals surface area contributed by atoms with Crippen LogP contribution in [-0.2, 0) is 12.8 Å². The number of halogens is 1. The number of pyridine rings is 1. The first-order valence-electron chi connectivity index (χ1n) is 4.49. The molecule has 0 unspecified atom stereocenters. The average Bonchev–Trinajstić information content (AvgIpc) is 2.65. The van der Waals surface area contributed by atoms with Gasteiger partial charge in [-0.1, -0.05) is 0 Å². The highest BCUT2D eigenvalue weighted by molar-refractivity contribution is 9.10. The lowest BCUT2D eigenvalue weighted by Gasteiger charge is -1.94. The Hall–Kier alpha value is -0.830. The lowest BCUT2D eigenvalue weighted by atomic mass is 10.2. The maximum Gasteiger partial charge on any atom is 0.0634 e. The van der Waals surface area contributed by atoms with Crippen LogP contribution in [0.4, 0.5) is 0 Å². The normalized spacial score (nSPS) is 15.2. The van der Waals surface area contributed by atoms with Crippen LogP contribution in [0, 0.1) is 0 Å². The van der Waals surface area contributed by atoms with Crippen LogP contribution >= 0.6 is 15.9 Å². The van der Waals surface area contributed by atoms with Gasteiger partial charge < -0.3 is 4.98 Å². The van der Waals surface area contributed by atoms with E-state index in [2.05, 4.69) is 25.9 Å². The predicted molar refractivity (Wildman–Crippen MR) is 55.8 cm³/mol. The van der Waals surface area contributed by atoms with Gasteiger partial charge in [0.15, 0.2) is 0 Å². The summed E-state index contributed by atoms with van der Waals surface area (Å²) in [5.74, 6) is 0. The van der Waals surface area contributed by atoms with Crippen LogP contribution in [0.2, 0.25) is 0 Å². The van der Waals surface area contributed by atoms with Crippen molar-refractivity contribution in [3.63, 3.8) is 0 Å². The number of H-pyrrole nitrogens is 1. The Labute approximate surface area is 84.5 Å². The summed E-state index contributed by atoms with van der Waals surface area (Å²) >= 11 is 3.50. The van der Waals surface area contributed by atoms with E-state index in [0.29, 0.717) is 0 Å². The second-order valence-corrected chi connectivity index (χ2v) is 4.33. The largest absolute Gasteiger partial charge is 0.357 e. The Morgan fingerprint density at radius 2 is 2.23 bits per heavy atom. The third kappa shape index (κ3) is 0.967. The quantitative estimate of drug-likeness (QED) is 0.749. The third-order valence-corrected chi connectivity index (χ3v) is 3.32. The van der Waals surface area contributed by atoms with E-state index in [1.165, 1.54) is 41.4 Å². The molecule has 1 N–H and O–H groups in total. The van der Waals surface area contributed by atoms with Crippen LogP contribution < -0.4 is 0 Å². The monoisotopic (exact) mass is 236 g/mol. The Morgan fingerprint density at radius 3 is 3.15 bits per heavy atom. The molecule has 0 fully saturated rings. The summed E-state index contributed by atoms with van der Waals surface area (Å²) in [4.78, 5) is 7.65. The maximum atomic E-state index is 4.20. The number of aryl methyl sites for hydroxylation is 2. The topological polar surface area (TPSA) is 28.7 Å². The van der Waals surface area contributed by atoms with E-state index in [1.807, 2.05) is 12.4 Å². The van der Waals surface area contributed by atoms with E-state index in [1.54, 1.807) is 0 Å². The molecule has 13 heavy (non-hydrogen) atoms. The molecule has 0 aromatic carbocycles. The Bertz CT molecular complexity index is 473. The molecule has 66 valence electrons. The van der Waals surface area contributed by atoms with Crippen molar-refractivity contribution in [3.8, 4) is 0 Å². The van der Waals surface area contributed by atoms with Crippen LogP contribution in [0.25, 0.3) is 10.9 Å². The Kier molecular flexibility index (Phi) is 1.50. The van der Waals surface area contributed by atoms with Gasteiger partial charge in [-0.05, 0) is 40.8 Å². The van der Waals surface area contributed by atoms with Gasteiger partial charge in [0.2, 0.25) is 0 Å². The molecule has 2 heterocycles. The van der Waals surface area contributed by atoms with Gasteiger partial charge in [0.05, 0.1) is 9.99 Å². The van der Waals surface area contributed by atoms with Gasteiger partial charge in [-0.25, -0.2) is 0 Å². The van der Waals surface area contributed by atoms with E-state index < -0.39 is 0 Å². The second-order valence-electron chi connectivity index (χ2n) is 3.48. The van der Waals surface area contributed by atoms with Gasteiger partial charge in [-0.15, -0.1) is 0 Å². The van der Waals surface area contributed by atoms with Crippen molar-refractivity contribution in [1.29, 1.82) is 0 Å². The highest BCUT2D eigenvalue weighted by Gasteiger charge is 2.17. The molecule has 1 aliphatic carbocycles. The van der Waals surface area contributed by atoms with E-state index in [9.17, 15) is 0 Å². The van der Waals surface area contributed by atoms with E-state index >= 15 is 0 Å². The molecule has 0 saturated heterocycles. The fourth-order valence-electron chi connectivity index (χ4n) is 2.12.